The van der Waals surface area contributed by atoms with E-state index in [9.17, 15) is 14.9 Å². The molecule has 1 aromatic carbocycles. The molecule has 19 heavy (non-hydrogen) atoms. The van der Waals surface area contributed by atoms with Gasteiger partial charge in [-0.1, -0.05) is 11.6 Å². The van der Waals surface area contributed by atoms with Crippen LogP contribution in [0.15, 0.2) is 18.2 Å². The van der Waals surface area contributed by atoms with Crippen LogP contribution in [0.5, 0.6) is 0 Å². The van der Waals surface area contributed by atoms with E-state index in [4.69, 9.17) is 16.9 Å². The number of nitrogens with zero attached hydrogens (tertiary/aromatic N) is 3. The summed E-state index contributed by atoms with van der Waals surface area (Å²) >= 11 is 5.76. The Labute approximate surface area is 115 Å². The van der Waals surface area contributed by atoms with Gasteiger partial charge in [-0.3, -0.25) is 14.9 Å². The number of nitro benzene ring substituents is 1. The smallest absolute Gasteiger partial charge is 0.282 e. The summed E-state index contributed by atoms with van der Waals surface area (Å²) in [5.74, 6) is -0.886. The van der Waals surface area contributed by atoms with Gasteiger partial charge in [-0.2, -0.15) is 5.26 Å². The lowest BCUT2D eigenvalue weighted by Crippen LogP contribution is -2.31. The molecule has 0 aromatic heterocycles. The predicted octanol–water partition coefficient (Wildman–Crippen LogP) is 2.48. The van der Waals surface area contributed by atoms with Gasteiger partial charge >= 0.3 is 0 Å². The van der Waals surface area contributed by atoms with E-state index in [1.165, 1.54) is 30.1 Å². The summed E-state index contributed by atoms with van der Waals surface area (Å²) in [5, 5.41) is 19.8. The summed E-state index contributed by atoms with van der Waals surface area (Å²) < 4.78 is 0. The maximum Gasteiger partial charge on any atom is 0.282 e. The fourth-order valence-corrected chi connectivity index (χ4v) is 1.75. The molecule has 1 atom stereocenters. The second kappa shape index (κ2) is 6.16. The van der Waals surface area contributed by atoms with Crippen LogP contribution in [-0.2, 0) is 0 Å². The molecule has 0 bridgehead atoms. The van der Waals surface area contributed by atoms with Gasteiger partial charge in [0, 0.05) is 24.7 Å². The highest BCUT2D eigenvalue weighted by atomic mass is 35.5. The summed E-state index contributed by atoms with van der Waals surface area (Å²) in [6.07, 6.45) is 0. The summed E-state index contributed by atoms with van der Waals surface area (Å²) in [4.78, 5) is 23.6. The van der Waals surface area contributed by atoms with Crippen LogP contribution in [0.3, 0.4) is 0 Å². The molecule has 6 nitrogen and oxygen atoms in total. The molecule has 7 heteroatoms. The molecule has 0 N–H and O–H groups in total. The molecule has 0 aliphatic heterocycles. The minimum atomic E-state index is -0.634. The number of nitro groups is 1. The lowest BCUT2D eigenvalue weighted by molar-refractivity contribution is -0.385. The van der Waals surface area contributed by atoms with Crippen molar-refractivity contribution in [2.45, 2.75) is 6.92 Å². The quantitative estimate of drug-likeness (QED) is 0.626. The number of nitriles is 1. The van der Waals surface area contributed by atoms with Crippen LogP contribution < -0.4 is 0 Å². The molecule has 100 valence electrons. The van der Waals surface area contributed by atoms with E-state index in [1.807, 2.05) is 6.07 Å². The fraction of sp³-hybridized carbons (Fsp3) is 0.333. The number of benzene rings is 1. The van der Waals surface area contributed by atoms with Gasteiger partial charge in [0.15, 0.2) is 0 Å². The van der Waals surface area contributed by atoms with Gasteiger partial charge in [-0.05, 0) is 19.1 Å². The first kappa shape index (κ1) is 14.9. The van der Waals surface area contributed by atoms with Crippen molar-refractivity contribution >= 4 is 23.2 Å². The Bertz CT molecular complexity index is 554. The summed E-state index contributed by atoms with van der Waals surface area (Å²) in [7, 11) is 1.49. The molecular formula is C12H12ClN3O3. The number of hydrogen-bond acceptors (Lipinski definition) is 4. The van der Waals surface area contributed by atoms with Crippen LogP contribution in [-0.4, -0.2) is 29.3 Å². The third-order valence-electron chi connectivity index (χ3n) is 2.50. The summed E-state index contributed by atoms with van der Waals surface area (Å²) in [5.41, 5.74) is -0.379. The SMILES string of the molecule is CC(C#N)CN(C)C(=O)c1cc(Cl)ccc1[N+](=O)[O-]. The monoisotopic (exact) mass is 281 g/mol. The molecule has 0 saturated carbocycles. The minimum absolute atomic E-state index is 0.0786. The van der Waals surface area contributed by atoms with E-state index in [2.05, 4.69) is 0 Å². The number of carbonyl (C=O) groups is 1. The first-order valence-electron chi connectivity index (χ1n) is 5.45. The highest BCUT2D eigenvalue weighted by Gasteiger charge is 2.23. The zero-order valence-corrected chi connectivity index (χ0v) is 11.2. The Balaban J connectivity index is 3.08. The molecule has 1 rings (SSSR count). The molecule has 1 amide bonds. The number of hydrogen-bond donors (Lipinski definition) is 0. The fourth-order valence-electron chi connectivity index (χ4n) is 1.58. The van der Waals surface area contributed by atoms with Crippen LogP contribution in [0.1, 0.15) is 17.3 Å². The molecule has 0 aliphatic carbocycles. The molecule has 1 unspecified atom stereocenters. The molecule has 0 radical (unpaired) electrons. The largest absolute Gasteiger partial charge is 0.340 e. The number of halogens is 1. The normalized spacial score (nSPS) is 11.5. The van der Waals surface area contributed by atoms with Gasteiger partial charge < -0.3 is 4.90 Å². The molecule has 0 saturated heterocycles. The van der Waals surface area contributed by atoms with Gasteiger partial charge in [0.05, 0.1) is 16.9 Å². The van der Waals surface area contributed by atoms with Crippen molar-refractivity contribution in [3.8, 4) is 6.07 Å². The lowest BCUT2D eigenvalue weighted by Gasteiger charge is -2.18. The van der Waals surface area contributed by atoms with Crippen molar-refractivity contribution in [2.24, 2.45) is 5.92 Å². The highest BCUT2D eigenvalue weighted by molar-refractivity contribution is 6.31. The van der Waals surface area contributed by atoms with E-state index in [-0.39, 0.29) is 28.7 Å². The lowest BCUT2D eigenvalue weighted by atomic mass is 10.1. The Hall–Kier alpha value is -2.13. The van der Waals surface area contributed by atoms with Crippen molar-refractivity contribution in [1.82, 2.24) is 4.90 Å². The van der Waals surface area contributed by atoms with Crippen molar-refractivity contribution < 1.29 is 9.72 Å². The predicted molar refractivity (Wildman–Crippen MR) is 69.8 cm³/mol. The van der Waals surface area contributed by atoms with E-state index < -0.39 is 10.8 Å². The van der Waals surface area contributed by atoms with Crippen LogP contribution in [0, 0.1) is 27.4 Å². The van der Waals surface area contributed by atoms with E-state index in [0.29, 0.717) is 0 Å². The molecule has 0 heterocycles. The maximum absolute atomic E-state index is 12.1. The Morgan fingerprint density at radius 1 is 1.63 bits per heavy atom. The van der Waals surface area contributed by atoms with Crippen molar-refractivity contribution in [2.75, 3.05) is 13.6 Å². The first-order valence-corrected chi connectivity index (χ1v) is 5.83. The minimum Gasteiger partial charge on any atom is -0.340 e. The number of amides is 1. The standard InChI is InChI=1S/C12H12ClN3O3/c1-8(6-14)7-15(2)12(17)10-5-9(13)3-4-11(10)16(18)19/h3-5,8H,7H2,1-2H3. The number of rotatable bonds is 4. The Morgan fingerprint density at radius 2 is 2.26 bits per heavy atom. The highest BCUT2D eigenvalue weighted by Crippen LogP contribution is 2.24. The van der Waals surface area contributed by atoms with Gasteiger partial charge in [0.1, 0.15) is 5.56 Å². The van der Waals surface area contributed by atoms with Gasteiger partial charge in [-0.25, -0.2) is 0 Å². The summed E-state index contributed by atoms with van der Waals surface area (Å²) in [6, 6.07) is 5.80. The molecular weight excluding hydrogens is 270 g/mol. The Kier molecular flexibility index (Phi) is 4.84. The zero-order valence-electron chi connectivity index (χ0n) is 10.5. The Morgan fingerprint density at radius 3 is 2.79 bits per heavy atom. The van der Waals surface area contributed by atoms with Crippen molar-refractivity contribution in [3.05, 3.63) is 38.9 Å². The van der Waals surface area contributed by atoms with Gasteiger partial charge in [-0.15, -0.1) is 0 Å². The molecule has 0 aliphatic rings. The average Bonchev–Trinajstić information content (AvgIpc) is 2.36. The van der Waals surface area contributed by atoms with Gasteiger partial charge in [0.25, 0.3) is 11.6 Å². The van der Waals surface area contributed by atoms with E-state index in [0.717, 1.165) is 0 Å². The third-order valence-corrected chi connectivity index (χ3v) is 2.74. The average molecular weight is 282 g/mol. The van der Waals surface area contributed by atoms with Crippen LogP contribution >= 0.6 is 11.6 Å². The second-order valence-corrected chi connectivity index (χ2v) is 4.57. The van der Waals surface area contributed by atoms with E-state index in [1.54, 1.807) is 6.92 Å². The first-order chi connectivity index (χ1) is 8.86. The van der Waals surface area contributed by atoms with Crippen LogP contribution in [0.2, 0.25) is 5.02 Å². The van der Waals surface area contributed by atoms with Crippen LogP contribution in [0.25, 0.3) is 0 Å². The second-order valence-electron chi connectivity index (χ2n) is 4.13. The third kappa shape index (κ3) is 3.66. The molecule has 1 aromatic rings. The number of carbonyl (C=O) groups excluding carboxylic acids is 1. The molecule has 0 fully saturated rings. The summed E-state index contributed by atoms with van der Waals surface area (Å²) in [6.45, 7) is 1.86. The van der Waals surface area contributed by atoms with Crippen molar-refractivity contribution in [1.29, 1.82) is 5.26 Å². The van der Waals surface area contributed by atoms with E-state index >= 15 is 0 Å². The van der Waals surface area contributed by atoms with Crippen LogP contribution in [0.4, 0.5) is 5.69 Å². The zero-order chi connectivity index (χ0) is 14.6. The maximum atomic E-state index is 12.1. The molecule has 0 spiro atoms. The topological polar surface area (TPSA) is 87.2 Å². The van der Waals surface area contributed by atoms with Gasteiger partial charge in [0.2, 0.25) is 0 Å². The van der Waals surface area contributed by atoms with Crippen molar-refractivity contribution in [3.63, 3.8) is 0 Å².